The number of piperazine rings is 1. The van der Waals surface area contributed by atoms with Gasteiger partial charge in [-0.1, -0.05) is 6.92 Å². The van der Waals surface area contributed by atoms with Crippen LogP contribution < -0.4 is 5.32 Å². The van der Waals surface area contributed by atoms with Gasteiger partial charge >= 0.3 is 0 Å². The number of nitrogens with zero attached hydrogens (tertiary/aromatic N) is 4. The number of carbonyl (C=O) groups excluding carboxylic acids is 2. The summed E-state index contributed by atoms with van der Waals surface area (Å²) in [6.45, 7) is 9.33. The van der Waals surface area contributed by atoms with E-state index in [9.17, 15) is 9.59 Å². The summed E-state index contributed by atoms with van der Waals surface area (Å²) in [4.78, 5) is 39.4. The lowest BCUT2D eigenvalue weighted by Crippen LogP contribution is -2.48. The molecule has 0 spiro atoms. The molecule has 8 nitrogen and oxygen atoms in total. The summed E-state index contributed by atoms with van der Waals surface area (Å²) < 4.78 is 0. The van der Waals surface area contributed by atoms with Gasteiger partial charge in [0.05, 0.1) is 12.0 Å². The molecule has 8 heteroatoms. The number of carbonyl (C=O) groups is 2. The molecule has 0 aromatic carbocycles. The zero-order valence-electron chi connectivity index (χ0n) is 17.5. The highest BCUT2D eigenvalue weighted by Gasteiger charge is 2.33. The van der Waals surface area contributed by atoms with Crippen molar-refractivity contribution in [1.82, 2.24) is 30.0 Å². The maximum absolute atomic E-state index is 13.0. The van der Waals surface area contributed by atoms with Crippen LogP contribution in [0.25, 0.3) is 0 Å². The van der Waals surface area contributed by atoms with Gasteiger partial charge in [-0.15, -0.1) is 0 Å². The Labute approximate surface area is 173 Å². The van der Waals surface area contributed by atoms with Crippen LogP contribution in [-0.2, 0) is 16.0 Å². The molecule has 2 N–H and O–H groups in total. The normalized spacial score (nSPS) is 23.8. The number of fused-ring (bicyclic) bond motifs is 1. The van der Waals surface area contributed by atoms with Crippen molar-refractivity contribution in [3.05, 3.63) is 17.7 Å². The first-order valence-corrected chi connectivity index (χ1v) is 11.2. The van der Waals surface area contributed by atoms with Gasteiger partial charge in [-0.3, -0.25) is 9.59 Å². The highest BCUT2D eigenvalue weighted by Crippen LogP contribution is 2.26. The van der Waals surface area contributed by atoms with Gasteiger partial charge in [-0.25, -0.2) is 4.98 Å². The smallest absolute Gasteiger partial charge is 0.246 e. The van der Waals surface area contributed by atoms with Gasteiger partial charge in [0.15, 0.2) is 0 Å². The number of hydrogen-bond acceptors (Lipinski definition) is 5. The average molecular weight is 403 g/mol. The van der Waals surface area contributed by atoms with E-state index in [1.165, 1.54) is 0 Å². The van der Waals surface area contributed by atoms with Gasteiger partial charge in [-0.2, -0.15) is 0 Å². The Morgan fingerprint density at radius 1 is 1.10 bits per heavy atom. The SMILES string of the molecule is CCN1CCN(C(=O)CCC2CCN(C(=O)C3NCCc4[nH]cnc43)CC2)CC1. The van der Waals surface area contributed by atoms with Crippen LogP contribution in [0.2, 0.25) is 0 Å². The molecule has 2 saturated heterocycles. The molecule has 2 amide bonds. The van der Waals surface area contributed by atoms with Gasteiger partial charge in [0.25, 0.3) is 0 Å². The van der Waals surface area contributed by atoms with E-state index in [1.54, 1.807) is 6.33 Å². The number of likely N-dealkylation sites (tertiary alicyclic amines) is 1. The fourth-order valence-electron chi connectivity index (χ4n) is 4.85. The van der Waals surface area contributed by atoms with E-state index in [0.29, 0.717) is 18.2 Å². The van der Waals surface area contributed by atoms with Gasteiger partial charge in [-0.05, 0) is 31.7 Å². The van der Waals surface area contributed by atoms with Crippen LogP contribution in [0.1, 0.15) is 50.0 Å². The first-order chi connectivity index (χ1) is 14.2. The second-order valence-electron chi connectivity index (χ2n) is 8.53. The molecule has 0 radical (unpaired) electrons. The molecule has 1 aromatic rings. The summed E-state index contributed by atoms with van der Waals surface area (Å²) >= 11 is 0. The molecule has 0 bridgehead atoms. The van der Waals surface area contributed by atoms with Crippen molar-refractivity contribution in [2.45, 2.75) is 45.1 Å². The number of piperidine rings is 1. The summed E-state index contributed by atoms with van der Waals surface area (Å²) in [7, 11) is 0. The number of nitrogens with one attached hydrogen (secondary N) is 2. The summed E-state index contributed by atoms with van der Waals surface area (Å²) in [6, 6.07) is -0.315. The summed E-state index contributed by atoms with van der Waals surface area (Å²) in [5, 5.41) is 3.33. The molecule has 1 unspecified atom stereocenters. The monoisotopic (exact) mass is 402 g/mol. The predicted octanol–water partition coefficient (Wildman–Crippen LogP) is 0.779. The molecule has 1 atom stereocenters. The van der Waals surface area contributed by atoms with E-state index in [2.05, 4.69) is 27.1 Å². The molecular formula is C21H34N6O2. The second-order valence-corrected chi connectivity index (χ2v) is 8.53. The van der Waals surface area contributed by atoms with E-state index in [-0.39, 0.29) is 11.9 Å². The lowest BCUT2D eigenvalue weighted by Gasteiger charge is -2.36. The number of imidazole rings is 1. The van der Waals surface area contributed by atoms with Gasteiger partial charge in [0.2, 0.25) is 11.8 Å². The molecular weight excluding hydrogens is 368 g/mol. The van der Waals surface area contributed by atoms with Crippen LogP contribution in [0.3, 0.4) is 0 Å². The Balaban J connectivity index is 1.20. The Morgan fingerprint density at radius 3 is 2.59 bits per heavy atom. The fraction of sp³-hybridized carbons (Fsp3) is 0.762. The van der Waals surface area contributed by atoms with Gasteiger partial charge < -0.3 is 25.0 Å². The Hall–Kier alpha value is -1.93. The topological polar surface area (TPSA) is 84.6 Å². The summed E-state index contributed by atoms with van der Waals surface area (Å²) in [5.74, 6) is 0.985. The predicted molar refractivity (Wildman–Crippen MR) is 110 cm³/mol. The quantitative estimate of drug-likeness (QED) is 0.760. The molecule has 4 heterocycles. The third-order valence-corrected chi connectivity index (χ3v) is 6.86. The number of amides is 2. The number of likely N-dealkylation sites (N-methyl/N-ethyl adjacent to an activating group) is 1. The van der Waals surface area contributed by atoms with Gasteiger partial charge in [0.1, 0.15) is 6.04 Å². The van der Waals surface area contributed by atoms with E-state index in [0.717, 1.165) is 89.4 Å². The van der Waals surface area contributed by atoms with Crippen LogP contribution in [0.5, 0.6) is 0 Å². The van der Waals surface area contributed by atoms with Gasteiger partial charge in [0, 0.05) is 64.3 Å². The van der Waals surface area contributed by atoms with E-state index in [1.807, 2.05) is 9.80 Å². The Kier molecular flexibility index (Phi) is 6.50. The zero-order chi connectivity index (χ0) is 20.2. The Morgan fingerprint density at radius 2 is 1.86 bits per heavy atom. The van der Waals surface area contributed by atoms with Crippen molar-refractivity contribution < 1.29 is 9.59 Å². The first-order valence-electron chi connectivity index (χ1n) is 11.2. The molecule has 160 valence electrons. The van der Waals surface area contributed by atoms with Crippen LogP contribution in [0.15, 0.2) is 6.33 Å². The molecule has 29 heavy (non-hydrogen) atoms. The third-order valence-electron chi connectivity index (χ3n) is 6.86. The minimum absolute atomic E-state index is 0.140. The zero-order valence-corrected chi connectivity index (χ0v) is 17.5. The number of aromatic nitrogens is 2. The van der Waals surface area contributed by atoms with Crippen molar-refractivity contribution in [3.8, 4) is 0 Å². The fourth-order valence-corrected chi connectivity index (χ4v) is 4.85. The number of H-pyrrole nitrogens is 1. The summed E-state index contributed by atoms with van der Waals surface area (Å²) in [6.07, 6.45) is 6.14. The molecule has 0 aliphatic carbocycles. The molecule has 3 aliphatic heterocycles. The van der Waals surface area contributed by atoms with Crippen molar-refractivity contribution in [3.63, 3.8) is 0 Å². The maximum Gasteiger partial charge on any atom is 0.246 e. The largest absolute Gasteiger partial charge is 0.348 e. The minimum atomic E-state index is -0.315. The Bertz CT molecular complexity index is 704. The van der Waals surface area contributed by atoms with Crippen LogP contribution in [0, 0.1) is 5.92 Å². The molecule has 4 rings (SSSR count). The van der Waals surface area contributed by atoms with E-state index >= 15 is 0 Å². The highest BCUT2D eigenvalue weighted by atomic mass is 16.2. The average Bonchev–Trinajstić information content (AvgIpc) is 3.26. The van der Waals surface area contributed by atoms with Crippen LogP contribution >= 0.6 is 0 Å². The van der Waals surface area contributed by atoms with Crippen molar-refractivity contribution in [2.75, 3.05) is 52.4 Å². The summed E-state index contributed by atoms with van der Waals surface area (Å²) in [5.41, 5.74) is 1.94. The highest BCUT2D eigenvalue weighted by molar-refractivity contribution is 5.83. The third kappa shape index (κ3) is 4.64. The van der Waals surface area contributed by atoms with Crippen molar-refractivity contribution in [2.24, 2.45) is 5.92 Å². The molecule has 2 fully saturated rings. The number of hydrogen-bond donors (Lipinski definition) is 2. The number of rotatable bonds is 5. The molecule has 1 aromatic heterocycles. The lowest BCUT2D eigenvalue weighted by atomic mass is 9.91. The van der Waals surface area contributed by atoms with Crippen LogP contribution in [-0.4, -0.2) is 88.8 Å². The van der Waals surface area contributed by atoms with Crippen LogP contribution in [0.4, 0.5) is 0 Å². The first kappa shape index (κ1) is 20.3. The van der Waals surface area contributed by atoms with Crippen molar-refractivity contribution in [1.29, 1.82) is 0 Å². The van der Waals surface area contributed by atoms with Crippen molar-refractivity contribution >= 4 is 11.8 Å². The lowest BCUT2D eigenvalue weighted by molar-refractivity contribution is -0.136. The second kappa shape index (κ2) is 9.26. The molecule has 0 saturated carbocycles. The van der Waals surface area contributed by atoms with E-state index < -0.39 is 0 Å². The van der Waals surface area contributed by atoms with E-state index in [4.69, 9.17) is 0 Å². The standard InChI is InChI=1S/C21H34N6O2/c1-2-25-11-13-26(14-12-25)18(28)4-3-16-6-9-27(10-7-16)21(29)20-19-17(5-8-22-20)23-15-24-19/h15-16,20,22H,2-14H2,1H3,(H,23,24). The molecule has 3 aliphatic rings. The number of aromatic amines is 1. The minimum Gasteiger partial charge on any atom is -0.348 e. The maximum atomic E-state index is 13.0.